The minimum absolute atomic E-state index is 0.0161. The van der Waals surface area contributed by atoms with Crippen LogP contribution >= 0.6 is 0 Å². The molecule has 0 saturated heterocycles. The van der Waals surface area contributed by atoms with Crippen molar-refractivity contribution < 1.29 is 27.0 Å². The van der Waals surface area contributed by atoms with Crippen molar-refractivity contribution in [2.45, 2.75) is 6.61 Å². The molecule has 106 valence electrons. The maximum atomic E-state index is 13.4. The molecule has 0 aliphatic rings. The molecule has 0 aliphatic heterocycles. The van der Waals surface area contributed by atoms with Gasteiger partial charge in [0.1, 0.15) is 5.75 Å². The van der Waals surface area contributed by atoms with E-state index in [1.165, 1.54) is 19.2 Å². The van der Waals surface area contributed by atoms with Crippen molar-refractivity contribution in [3.05, 3.63) is 53.4 Å². The zero-order chi connectivity index (χ0) is 14.7. The van der Waals surface area contributed by atoms with Crippen molar-refractivity contribution in [2.24, 2.45) is 0 Å². The number of nitrogens with zero attached hydrogens (tertiary/aromatic N) is 1. The molecule has 0 bridgehead atoms. The molecular formula is C13H9F4NO2. The minimum Gasteiger partial charge on any atom is -0.451 e. The predicted molar refractivity (Wildman–Crippen MR) is 61.3 cm³/mol. The van der Waals surface area contributed by atoms with E-state index in [-0.39, 0.29) is 12.4 Å². The molecule has 0 atom stereocenters. The first kappa shape index (κ1) is 14.3. The highest BCUT2D eigenvalue weighted by atomic mass is 19.2. The van der Waals surface area contributed by atoms with Crippen molar-refractivity contribution >= 4 is 0 Å². The fourth-order valence-electron chi connectivity index (χ4n) is 1.54. The Bertz CT molecular complexity index is 608. The standard InChI is InChI=1S/C13H9F4NO2/c1-19-6-7-3-2-4-8(5-7)20-11-9(14)12(16)18-13(17)10(11)15/h2-5H,6H2,1H3. The van der Waals surface area contributed by atoms with Crippen molar-refractivity contribution in [2.75, 3.05) is 7.11 Å². The Balaban J connectivity index is 2.37. The molecule has 20 heavy (non-hydrogen) atoms. The van der Waals surface area contributed by atoms with Crippen molar-refractivity contribution in [3.63, 3.8) is 0 Å². The van der Waals surface area contributed by atoms with E-state index < -0.39 is 29.3 Å². The zero-order valence-electron chi connectivity index (χ0n) is 10.3. The van der Waals surface area contributed by atoms with E-state index in [2.05, 4.69) is 4.98 Å². The van der Waals surface area contributed by atoms with Crippen LogP contribution in [0.15, 0.2) is 24.3 Å². The Labute approximate surface area is 111 Å². The highest BCUT2D eigenvalue weighted by Gasteiger charge is 2.22. The summed E-state index contributed by atoms with van der Waals surface area (Å²) in [5.74, 6) is -8.09. The molecule has 1 aromatic carbocycles. The number of methoxy groups -OCH3 is 1. The number of hydrogen-bond acceptors (Lipinski definition) is 3. The van der Waals surface area contributed by atoms with E-state index in [1.54, 1.807) is 12.1 Å². The van der Waals surface area contributed by atoms with Gasteiger partial charge in [-0.25, -0.2) is 0 Å². The number of ether oxygens (including phenoxy) is 2. The Morgan fingerprint density at radius 1 is 1.05 bits per heavy atom. The van der Waals surface area contributed by atoms with Crippen molar-refractivity contribution in [1.29, 1.82) is 0 Å². The third kappa shape index (κ3) is 2.88. The Morgan fingerprint density at radius 3 is 2.30 bits per heavy atom. The van der Waals surface area contributed by atoms with Gasteiger partial charge in [0, 0.05) is 7.11 Å². The Kier molecular flexibility index (Phi) is 4.19. The van der Waals surface area contributed by atoms with Crippen LogP contribution in [0.25, 0.3) is 0 Å². The number of pyridine rings is 1. The lowest BCUT2D eigenvalue weighted by atomic mass is 10.2. The molecule has 7 heteroatoms. The molecule has 2 rings (SSSR count). The summed E-state index contributed by atoms with van der Waals surface area (Å²) < 4.78 is 62.4. The van der Waals surface area contributed by atoms with Crippen LogP contribution in [0.3, 0.4) is 0 Å². The number of hydrogen-bond donors (Lipinski definition) is 0. The second-order valence-electron chi connectivity index (χ2n) is 3.83. The summed E-state index contributed by atoms with van der Waals surface area (Å²) in [6.45, 7) is 0.251. The van der Waals surface area contributed by atoms with Gasteiger partial charge in [0.25, 0.3) is 11.9 Å². The van der Waals surface area contributed by atoms with Crippen molar-refractivity contribution in [1.82, 2.24) is 4.98 Å². The molecule has 0 N–H and O–H groups in total. The van der Waals surface area contributed by atoms with Crippen LogP contribution < -0.4 is 4.74 Å². The Morgan fingerprint density at radius 2 is 1.70 bits per heavy atom. The molecule has 3 nitrogen and oxygen atoms in total. The first-order valence-electron chi connectivity index (χ1n) is 5.48. The van der Waals surface area contributed by atoms with Crippen LogP contribution in [0.4, 0.5) is 17.6 Å². The van der Waals surface area contributed by atoms with Crippen LogP contribution in [0.1, 0.15) is 5.56 Å². The number of halogens is 4. The largest absolute Gasteiger partial charge is 0.451 e. The van der Waals surface area contributed by atoms with E-state index in [0.29, 0.717) is 5.56 Å². The summed E-state index contributed by atoms with van der Waals surface area (Å²) >= 11 is 0. The lowest BCUT2D eigenvalue weighted by Gasteiger charge is -2.09. The van der Waals surface area contributed by atoms with E-state index >= 15 is 0 Å². The normalized spacial score (nSPS) is 10.7. The van der Waals surface area contributed by atoms with Gasteiger partial charge in [0.2, 0.25) is 17.4 Å². The van der Waals surface area contributed by atoms with Gasteiger partial charge in [-0.2, -0.15) is 22.5 Å². The SMILES string of the molecule is COCc1cccc(Oc2c(F)c(F)nc(F)c2F)c1. The quantitative estimate of drug-likeness (QED) is 0.636. The molecular weight excluding hydrogens is 278 g/mol. The van der Waals surface area contributed by atoms with Gasteiger partial charge < -0.3 is 9.47 Å². The van der Waals surface area contributed by atoms with Crippen LogP contribution in [0.2, 0.25) is 0 Å². The maximum Gasteiger partial charge on any atom is 0.255 e. The van der Waals surface area contributed by atoms with Gasteiger partial charge in [0.05, 0.1) is 6.61 Å². The molecule has 0 aliphatic carbocycles. The highest BCUT2D eigenvalue weighted by Crippen LogP contribution is 2.29. The number of benzene rings is 1. The fourth-order valence-corrected chi connectivity index (χ4v) is 1.54. The average Bonchev–Trinajstić information content (AvgIpc) is 2.42. The summed E-state index contributed by atoms with van der Waals surface area (Å²) in [7, 11) is 1.47. The first-order chi connectivity index (χ1) is 9.52. The molecule has 0 saturated carbocycles. The van der Waals surface area contributed by atoms with Gasteiger partial charge in [0.15, 0.2) is 0 Å². The number of rotatable bonds is 4. The highest BCUT2D eigenvalue weighted by molar-refractivity contribution is 5.34. The second kappa shape index (κ2) is 5.87. The smallest absolute Gasteiger partial charge is 0.255 e. The van der Waals surface area contributed by atoms with E-state index in [4.69, 9.17) is 9.47 Å². The van der Waals surface area contributed by atoms with Gasteiger partial charge in [-0.1, -0.05) is 12.1 Å². The van der Waals surface area contributed by atoms with Crippen LogP contribution in [0, 0.1) is 23.5 Å². The first-order valence-corrected chi connectivity index (χ1v) is 5.48. The second-order valence-corrected chi connectivity index (χ2v) is 3.83. The zero-order valence-corrected chi connectivity index (χ0v) is 10.3. The van der Waals surface area contributed by atoms with Crippen LogP contribution in [0.5, 0.6) is 11.5 Å². The average molecular weight is 287 g/mol. The molecule has 0 spiro atoms. The Hall–Kier alpha value is -2.15. The molecule has 1 heterocycles. The van der Waals surface area contributed by atoms with Gasteiger partial charge in [-0.3, -0.25) is 0 Å². The van der Waals surface area contributed by atoms with Crippen LogP contribution in [-0.4, -0.2) is 12.1 Å². The van der Waals surface area contributed by atoms with Gasteiger partial charge >= 0.3 is 0 Å². The summed E-state index contributed by atoms with van der Waals surface area (Å²) in [5, 5.41) is 0. The molecule has 0 unspecified atom stereocenters. The summed E-state index contributed by atoms with van der Waals surface area (Å²) in [4.78, 5) is 2.44. The van der Waals surface area contributed by atoms with E-state index in [9.17, 15) is 17.6 Å². The summed E-state index contributed by atoms with van der Waals surface area (Å²) in [5.41, 5.74) is 0.667. The van der Waals surface area contributed by atoms with E-state index in [0.717, 1.165) is 0 Å². The summed E-state index contributed by atoms with van der Waals surface area (Å²) in [6, 6.07) is 6.05. The topological polar surface area (TPSA) is 31.4 Å². The fraction of sp³-hybridized carbons (Fsp3) is 0.154. The predicted octanol–water partition coefficient (Wildman–Crippen LogP) is 3.58. The molecule has 2 aromatic rings. The van der Waals surface area contributed by atoms with Gasteiger partial charge in [-0.05, 0) is 17.7 Å². The molecule has 0 amide bonds. The van der Waals surface area contributed by atoms with Gasteiger partial charge in [-0.15, -0.1) is 0 Å². The molecule has 1 aromatic heterocycles. The van der Waals surface area contributed by atoms with Crippen LogP contribution in [-0.2, 0) is 11.3 Å². The molecule has 0 radical (unpaired) electrons. The maximum absolute atomic E-state index is 13.4. The van der Waals surface area contributed by atoms with Crippen molar-refractivity contribution in [3.8, 4) is 11.5 Å². The third-order valence-electron chi connectivity index (χ3n) is 2.39. The van der Waals surface area contributed by atoms with E-state index in [1.807, 2.05) is 0 Å². The lowest BCUT2D eigenvalue weighted by molar-refractivity contribution is 0.184. The molecule has 0 fully saturated rings. The monoisotopic (exact) mass is 287 g/mol. The lowest BCUT2D eigenvalue weighted by Crippen LogP contribution is -2.03. The number of aromatic nitrogens is 1. The third-order valence-corrected chi connectivity index (χ3v) is 2.39. The minimum atomic E-state index is -1.77. The summed E-state index contributed by atoms with van der Waals surface area (Å²) in [6.07, 6.45) is 0.